The highest BCUT2D eigenvalue weighted by Gasteiger charge is 2.37. The Morgan fingerprint density at radius 3 is 2.69 bits per heavy atom. The molecule has 0 aromatic rings. The summed E-state index contributed by atoms with van der Waals surface area (Å²) >= 11 is 0. The zero-order chi connectivity index (χ0) is 9.26. The Bertz CT molecular complexity index is 192. The van der Waals surface area contributed by atoms with Gasteiger partial charge in [0, 0.05) is 17.9 Å². The zero-order valence-electron chi connectivity index (χ0n) is 8.38. The van der Waals surface area contributed by atoms with E-state index in [4.69, 9.17) is 0 Å². The molecule has 0 aromatic heterocycles. The molecule has 0 spiro atoms. The Labute approximate surface area is 80.1 Å². The van der Waals surface area contributed by atoms with Crippen LogP contribution in [0, 0.1) is 11.8 Å². The van der Waals surface area contributed by atoms with Gasteiger partial charge in [-0.1, -0.05) is 6.92 Å². The van der Waals surface area contributed by atoms with Gasteiger partial charge in [0.2, 0.25) is 0 Å². The first-order valence-corrected chi connectivity index (χ1v) is 5.60. The van der Waals surface area contributed by atoms with E-state index in [0.29, 0.717) is 23.7 Å². The SMILES string of the molecule is CCC(C(=O)C1CC1)C1CCCN1. The second kappa shape index (κ2) is 3.79. The highest BCUT2D eigenvalue weighted by Crippen LogP contribution is 2.35. The Balaban J connectivity index is 1.94. The van der Waals surface area contributed by atoms with Gasteiger partial charge in [-0.25, -0.2) is 0 Å². The van der Waals surface area contributed by atoms with Gasteiger partial charge in [-0.05, 0) is 38.6 Å². The fourth-order valence-corrected chi connectivity index (χ4v) is 2.41. The second-order valence-corrected chi connectivity index (χ2v) is 4.39. The van der Waals surface area contributed by atoms with E-state index in [-0.39, 0.29) is 0 Å². The van der Waals surface area contributed by atoms with E-state index in [2.05, 4.69) is 12.2 Å². The molecule has 2 aliphatic rings. The number of hydrogen-bond donors (Lipinski definition) is 1. The Morgan fingerprint density at radius 2 is 2.23 bits per heavy atom. The topological polar surface area (TPSA) is 29.1 Å². The van der Waals surface area contributed by atoms with Gasteiger partial charge in [0.05, 0.1) is 0 Å². The van der Waals surface area contributed by atoms with Crippen molar-refractivity contribution in [1.82, 2.24) is 5.32 Å². The summed E-state index contributed by atoms with van der Waals surface area (Å²) in [6, 6.07) is 0.498. The minimum atomic E-state index is 0.315. The van der Waals surface area contributed by atoms with Crippen molar-refractivity contribution in [2.45, 2.75) is 45.1 Å². The van der Waals surface area contributed by atoms with Gasteiger partial charge in [-0.3, -0.25) is 4.79 Å². The van der Waals surface area contributed by atoms with Crippen LogP contribution in [0.2, 0.25) is 0 Å². The average molecular weight is 181 g/mol. The number of nitrogens with one attached hydrogen (secondary N) is 1. The summed E-state index contributed by atoms with van der Waals surface area (Å²) in [5, 5.41) is 3.45. The first-order valence-electron chi connectivity index (χ1n) is 5.60. The van der Waals surface area contributed by atoms with Crippen molar-refractivity contribution in [3.63, 3.8) is 0 Å². The number of carbonyl (C=O) groups excluding carboxylic acids is 1. The third-order valence-electron chi connectivity index (χ3n) is 3.37. The van der Waals surface area contributed by atoms with Gasteiger partial charge in [0.15, 0.2) is 0 Å². The van der Waals surface area contributed by atoms with Crippen molar-refractivity contribution in [2.24, 2.45) is 11.8 Å². The van der Waals surface area contributed by atoms with Gasteiger partial charge >= 0.3 is 0 Å². The molecule has 0 bridgehead atoms. The molecule has 0 amide bonds. The van der Waals surface area contributed by atoms with Crippen LogP contribution in [-0.4, -0.2) is 18.4 Å². The van der Waals surface area contributed by atoms with Crippen LogP contribution in [-0.2, 0) is 4.79 Å². The van der Waals surface area contributed by atoms with Crippen LogP contribution in [0.4, 0.5) is 0 Å². The lowest BCUT2D eigenvalue weighted by atomic mass is 9.89. The second-order valence-electron chi connectivity index (χ2n) is 4.39. The van der Waals surface area contributed by atoms with E-state index in [1.54, 1.807) is 0 Å². The molecule has 2 unspecified atom stereocenters. The molecular formula is C11H19NO. The van der Waals surface area contributed by atoms with Gasteiger partial charge in [0.1, 0.15) is 5.78 Å². The molecule has 0 radical (unpaired) electrons. The van der Waals surface area contributed by atoms with Crippen molar-refractivity contribution >= 4 is 5.78 Å². The molecule has 2 nitrogen and oxygen atoms in total. The normalized spacial score (nSPS) is 30.4. The minimum Gasteiger partial charge on any atom is -0.313 e. The zero-order valence-corrected chi connectivity index (χ0v) is 8.38. The smallest absolute Gasteiger partial charge is 0.140 e. The lowest BCUT2D eigenvalue weighted by Gasteiger charge is -2.20. The lowest BCUT2D eigenvalue weighted by molar-refractivity contribution is -0.125. The van der Waals surface area contributed by atoms with E-state index in [1.807, 2.05) is 0 Å². The first kappa shape index (κ1) is 9.20. The quantitative estimate of drug-likeness (QED) is 0.716. The molecule has 1 aliphatic carbocycles. The van der Waals surface area contributed by atoms with Crippen molar-refractivity contribution in [1.29, 1.82) is 0 Å². The molecular weight excluding hydrogens is 162 g/mol. The highest BCUT2D eigenvalue weighted by molar-refractivity contribution is 5.86. The number of ketones is 1. The summed E-state index contributed by atoms with van der Waals surface area (Å²) in [6.45, 7) is 3.25. The predicted octanol–water partition coefficient (Wildman–Crippen LogP) is 1.74. The Hall–Kier alpha value is -0.370. The van der Waals surface area contributed by atoms with Crippen LogP contribution in [0.25, 0.3) is 0 Å². The monoisotopic (exact) mass is 181 g/mol. The van der Waals surface area contributed by atoms with Crippen molar-refractivity contribution in [2.75, 3.05) is 6.54 Å². The third kappa shape index (κ3) is 1.93. The third-order valence-corrected chi connectivity index (χ3v) is 3.37. The van der Waals surface area contributed by atoms with E-state index in [9.17, 15) is 4.79 Å². The van der Waals surface area contributed by atoms with Crippen LogP contribution in [0.3, 0.4) is 0 Å². The maximum Gasteiger partial charge on any atom is 0.140 e. The van der Waals surface area contributed by atoms with Gasteiger partial charge in [-0.2, -0.15) is 0 Å². The molecule has 2 fully saturated rings. The highest BCUT2D eigenvalue weighted by atomic mass is 16.1. The number of rotatable bonds is 4. The van der Waals surface area contributed by atoms with E-state index in [0.717, 1.165) is 25.8 Å². The summed E-state index contributed by atoms with van der Waals surface area (Å²) in [5.41, 5.74) is 0. The summed E-state index contributed by atoms with van der Waals surface area (Å²) < 4.78 is 0. The summed E-state index contributed by atoms with van der Waals surface area (Å²) in [6.07, 6.45) is 5.78. The molecule has 1 saturated carbocycles. The Morgan fingerprint density at radius 1 is 1.46 bits per heavy atom. The number of hydrogen-bond acceptors (Lipinski definition) is 2. The van der Waals surface area contributed by atoms with Crippen molar-refractivity contribution in [3.05, 3.63) is 0 Å². The summed E-state index contributed by atoms with van der Waals surface area (Å²) in [4.78, 5) is 11.9. The number of Topliss-reactive ketones (excluding diaryl/α,β-unsaturated/α-hetero) is 1. The van der Waals surface area contributed by atoms with Gasteiger partial charge < -0.3 is 5.32 Å². The standard InChI is InChI=1S/C11H19NO/c1-2-9(10-4-3-7-12-10)11(13)8-5-6-8/h8-10,12H,2-7H2,1H3. The van der Waals surface area contributed by atoms with E-state index < -0.39 is 0 Å². The number of carbonyl (C=O) groups is 1. The van der Waals surface area contributed by atoms with Crippen LogP contribution < -0.4 is 5.32 Å². The molecule has 1 aliphatic heterocycles. The molecule has 13 heavy (non-hydrogen) atoms. The molecule has 74 valence electrons. The van der Waals surface area contributed by atoms with Gasteiger partial charge in [0.25, 0.3) is 0 Å². The van der Waals surface area contributed by atoms with E-state index >= 15 is 0 Å². The van der Waals surface area contributed by atoms with E-state index in [1.165, 1.54) is 12.8 Å². The fraction of sp³-hybridized carbons (Fsp3) is 0.909. The molecule has 0 aromatic carbocycles. The van der Waals surface area contributed by atoms with Crippen molar-refractivity contribution < 1.29 is 4.79 Å². The predicted molar refractivity (Wildman–Crippen MR) is 52.5 cm³/mol. The fourth-order valence-electron chi connectivity index (χ4n) is 2.41. The summed E-state index contributed by atoms with van der Waals surface area (Å²) in [5.74, 6) is 1.30. The minimum absolute atomic E-state index is 0.315. The largest absolute Gasteiger partial charge is 0.313 e. The first-order chi connectivity index (χ1) is 6.33. The average Bonchev–Trinajstić information content (AvgIpc) is 2.86. The molecule has 1 N–H and O–H groups in total. The molecule has 2 atom stereocenters. The maximum atomic E-state index is 11.9. The molecule has 2 heteroatoms. The lowest BCUT2D eigenvalue weighted by Crippen LogP contribution is -2.35. The maximum absolute atomic E-state index is 11.9. The van der Waals surface area contributed by atoms with Crippen LogP contribution in [0.1, 0.15) is 39.0 Å². The van der Waals surface area contributed by atoms with Crippen molar-refractivity contribution in [3.8, 4) is 0 Å². The molecule has 1 saturated heterocycles. The van der Waals surface area contributed by atoms with Gasteiger partial charge in [-0.15, -0.1) is 0 Å². The van der Waals surface area contributed by atoms with Crippen LogP contribution in [0.5, 0.6) is 0 Å². The Kier molecular flexibility index (Phi) is 2.68. The van der Waals surface area contributed by atoms with Crippen LogP contribution in [0.15, 0.2) is 0 Å². The summed E-state index contributed by atoms with van der Waals surface area (Å²) in [7, 11) is 0. The van der Waals surface area contributed by atoms with Crippen LogP contribution >= 0.6 is 0 Å². The molecule has 2 rings (SSSR count). The molecule has 1 heterocycles.